The van der Waals surface area contributed by atoms with Gasteiger partial charge >= 0.3 is 91.2 Å². The molecule has 0 aromatic heterocycles. The van der Waals surface area contributed by atoms with E-state index in [0.717, 1.165) is 16.8 Å². The van der Waals surface area contributed by atoms with Gasteiger partial charge in [-0.2, -0.15) is 0 Å². The summed E-state index contributed by atoms with van der Waals surface area (Å²) in [7, 11) is 0. The Morgan fingerprint density at radius 2 is 2.15 bits per heavy atom. The van der Waals surface area contributed by atoms with Crippen LogP contribution in [0.25, 0.3) is 0 Å². The molecule has 0 saturated carbocycles. The van der Waals surface area contributed by atoms with Crippen molar-refractivity contribution in [3.05, 3.63) is 0 Å². The van der Waals surface area contributed by atoms with E-state index in [0.29, 0.717) is 6.42 Å². The Bertz CT molecular complexity index is 137. The second-order valence-corrected chi connectivity index (χ2v) is 7.73. The molecule has 0 radical (unpaired) electrons. The molecule has 0 aliphatic heterocycles. The predicted molar refractivity (Wildman–Crippen MR) is 56.4 cm³/mol. The number of carbonyl (C=O) groups is 1. The van der Waals surface area contributed by atoms with E-state index in [4.69, 9.17) is 5.11 Å². The van der Waals surface area contributed by atoms with E-state index in [9.17, 15) is 4.79 Å². The first-order chi connectivity index (χ1) is 6.16. The van der Waals surface area contributed by atoms with Crippen molar-refractivity contribution in [1.82, 2.24) is 0 Å². The molecule has 0 spiro atoms. The third-order valence-corrected chi connectivity index (χ3v) is 5.69. The summed E-state index contributed by atoms with van der Waals surface area (Å²) < 4.78 is 2.26. The van der Waals surface area contributed by atoms with Crippen LogP contribution >= 0.6 is 0 Å². The molecular weight excluding hydrogens is 280 g/mol. The maximum absolute atomic E-state index is 10.3. The number of carboxylic acid groups (broad SMARTS) is 1. The van der Waals surface area contributed by atoms with Crippen LogP contribution < -0.4 is 0 Å². The van der Waals surface area contributed by atoms with Crippen molar-refractivity contribution in [2.75, 3.05) is 0 Å². The summed E-state index contributed by atoms with van der Waals surface area (Å²) in [4.78, 5) is 10.3. The molecule has 0 bridgehead atoms. The van der Waals surface area contributed by atoms with Gasteiger partial charge in [0.05, 0.1) is 0 Å². The fourth-order valence-electron chi connectivity index (χ4n) is 1.05. The minimum absolute atomic E-state index is 0.162. The van der Waals surface area contributed by atoms with Crippen LogP contribution in [0.5, 0.6) is 0 Å². The summed E-state index contributed by atoms with van der Waals surface area (Å²) in [6.07, 6.45) is 5.01. The van der Waals surface area contributed by atoms with E-state index in [-0.39, 0.29) is 20.9 Å². The zero-order chi connectivity index (χ0) is 10.1. The Morgan fingerprint density at radius 1 is 1.46 bits per heavy atom. The molecule has 0 fully saturated rings. The number of carboxylic acids is 1. The molecule has 0 aliphatic rings. The van der Waals surface area contributed by atoms with E-state index < -0.39 is 5.97 Å². The average Bonchev–Trinajstić information content (AvgIpc) is 2.04. The monoisotopic (exact) mass is 302 g/mol. The fourth-order valence-corrected chi connectivity index (χ4v) is 4.45. The van der Waals surface area contributed by atoms with Crippen LogP contribution in [-0.4, -0.2) is 32.0 Å². The normalized spacial score (nSPS) is 12.8. The first-order valence-corrected chi connectivity index (χ1v) is 7.99. The summed E-state index contributed by atoms with van der Waals surface area (Å²) in [5, 5.41) is 8.45. The maximum atomic E-state index is 10.3. The van der Waals surface area contributed by atoms with Crippen molar-refractivity contribution >= 4 is 26.9 Å². The van der Waals surface area contributed by atoms with Crippen LogP contribution in [0.3, 0.4) is 0 Å². The molecule has 1 unspecified atom stereocenters. The van der Waals surface area contributed by atoms with Gasteiger partial charge in [-0.3, -0.25) is 0 Å². The zero-order valence-electron chi connectivity index (χ0n) is 8.58. The first kappa shape index (κ1) is 13.3. The van der Waals surface area contributed by atoms with Gasteiger partial charge in [-0.15, -0.1) is 0 Å². The van der Waals surface area contributed by atoms with E-state index in [1.807, 2.05) is 0 Å². The summed E-state index contributed by atoms with van der Waals surface area (Å²) >= 11 is 0.162. The van der Waals surface area contributed by atoms with E-state index in [1.165, 1.54) is 17.3 Å². The van der Waals surface area contributed by atoms with E-state index in [2.05, 4.69) is 13.8 Å². The standard InChI is InChI=1S/C10H20O2Te/c1-3-4-8-13-9(2)6-5-7-10(11)12/h9H,3-8H2,1-2H3,(H,11,12). The molecule has 13 heavy (non-hydrogen) atoms. The van der Waals surface area contributed by atoms with Gasteiger partial charge < -0.3 is 0 Å². The molecule has 0 rings (SSSR count). The van der Waals surface area contributed by atoms with Gasteiger partial charge in [0, 0.05) is 0 Å². The first-order valence-electron chi connectivity index (χ1n) is 5.00. The molecule has 3 heteroatoms. The molecular formula is C10H20O2Te. The number of rotatable bonds is 8. The van der Waals surface area contributed by atoms with Crippen LogP contribution in [0.1, 0.15) is 46.0 Å². The van der Waals surface area contributed by atoms with Crippen LogP contribution in [-0.2, 0) is 4.79 Å². The topological polar surface area (TPSA) is 37.3 Å². The quantitative estimate of drug-likeness (QED) is 0.553. The third kappa shape index (κ3) is 10.2. The summed E-state index contributed by atoms with van der Waals surface area (Å²) in [6.45, 7) is 4.50. The average molecular weight is 300 g/mol. The van der Waals surface area contributed by atoms with Gasteiger partial charge in [-0.1, -0.05) is 0 Å². The molecule has 0 aromatic rings. The predicted octanol–water partition coefficient (Wildman–Crippen LogP) is 2.97. The van der Waals surface area contributed by atoms with Crippen LogP contribution in [0.15, 0.2) is 0 Å². The second kappa shape index (κ2) is 8.84. The molecule has 1 N–H and O–H groups in total. The molecule has 2 nitrogen and oxygen atoms in total. The number of hydrogen-bond acceptors (Lipinski definition) is 1. The molecule has 0 heterocycles. The van der Waals surface area contributed by atoms with Gasteiger partial charge in [-0.25, -0.2) is 0 Å². The summed E-state index contributed by atoms with van der Waals surface area (Å²) in [5.74, 6) is -0.652. The van der Waals surface area contributed by atoms with E-state index >= 15 is 0 Å². The summed E-state index contributed by atoms with van der Waals surface area (Å²) in [5.41, 5.74) is 0. The zero-order valence-corrected chi connectivity index (χ0v) is 10.9. The Morgan fingerprint density at radius 3 is 2.69 bits per heavy atom. The van der Waals surface area contributed by atoms with Crippen molar-refractivity contribution in [2.45, 2.75) is 54.4 Å². The van der Waals surface area contributed by atoms with Crippen molar-refractivity contribution in [1.29, 1.82) is 0 Å². The Kier molecular flexibility index (Phi) is 9.02. The molecule has 0 saturated heterocycles. The molecule has 78 valence electrons. The summed E-state index contributed by atoms with van der Waals surface area (Å²) in [6, 6.07) is 0. The van der Waals surface area contributed by atoms with Crippen molar-refractivity contribution in [3.8, 4) is 0 Å². The number of hydrogen-bond donors (Lipinski definition) is 1. The van der Waals surface area contributed by atoms with Gasteiger partial charge in [0.1, 0.15) is 0 Å². The van der Waals surface area contributed by atoms with Crippen molar-refractivity contribution in [3.63, 3.8) is 0 Å². The second-order valence-electron chi connectivity index (χ2n) is 3.32. The van der Waals surface area contributed by atoms with Crippen molar-refractivity contribution in [2.24, 2.45) is 0 Å². The third-order valence-electron chi connectivity index (χ3n) is 1.90. The molecule has 0 amide bonds. The Hall–Kier alpha value is 0.260. The van der Waals surface area contributed by atoms with Gasteiger partial charge in [0.25, 0.3) is 0 Å². The Balaban J connectivity index is 3.19. The molecule has 0 aliphatic carbocycles. The van der Waals surface area contributed by atoms with Gasteiger partial charge in [-0.05, 0) is 0 Å². The van der Waals surface area contributed by atoms with Crippen LogP contribution in [0.2, 0.25) is 8.43 Å². The van der Waals surface area contributed by atoms with Gasteiger partial charge in [0.15, 0.2) is 0 Å². The van der Waals surface area contributed by atoms with E-state index in [1.54, 1.807) is 0 Å². The van der Waals surface area contributed by atoms with Gasteiger partial charge in [0.2, 0.25) is 0 Å². The van der Waals surface area contributed by atoms with Crippen LogP contribution in [0, 0.1) is 0 Å². The molecule has 0 aromatic carbocycles. The SMILES string of the molecule is CCCC[Te]C(C)CCCC(=O)O. The van der Waals surface area contributed by atoms with Crippen LogP contribution in [0.4, 0.5) is 0 Å². The Labute approximate surface area is 91.2 Å². The number of unbranched alkanes of at least 4 members (excludes halogenated alkanes) is 1. The molecule has 1 atom stereocenters. The minimum atomic E-state index is -0.652. The fraction of sp³-hybridized carbons (Fsp3) is 0.900. The number of aliphatic carboxylic acids is 1. The van der Waals surface area contributed by atoms with Crippen molar-refractivity contribution < 1.29 is 9.90 Å².